The fourth-order valence-corrected chi connectivity index (χ4v) is 3.50. The average molecular weight is 268 g/mol. The summed E-state index contributed by atoms with van der Waals surface area (Å²) in [7, 11) is 1.65. The van der Waals surface area contributed by atoms with Crippen molar-refractivity contribution in [1.29, 1.82) is 0 Å². The maximum atomic E-state index is 6.64. The molecule has 0 atom stereocenters. The minimum absolute atomic E-state index is 0.206. The summed E-state index contributed by atoms with van der Waals surface area (Å²) in [6.45, 7) is 4.15. The number of methoxy groups -OCH3 is 1. The van der Waals surface area contributed by atoms with Gasteiger partial charge in [0.1, 0.15) is 5.75 Å². The molecular formula is C15H22ClNO. The monoisotopic (exact) mass is 267 g/mol. The van der Waals surface area contributed by atoms with Crippen LogP contribution in [-0.2, 0) is 5.54 Å². The van der Waals surface area contributed by atoms with E-state index in [0.29, 0.717) is 5.02 Å². The Hall–Kier alpha value is -0.730. The van der Waals surface area contributed by atoms with Crippen LogP contribution >= 0.6 is 11.6 Å². The Balaban J connectivity index is 2.53. The van der Waals surface area contributed by atoms with Gasteiger partial charge in [0.15, 0.2) is 0 Å². The quantitative estimate of drug-likeness (QED) is 0.876. The molecule has 0 bridgehead atoms. The lowest BCUT2D eigenvalue weighted by Crippen LogP contribution is -2.40. The predicted octanol–water partition coefficient (Wildman–Crippen LogP) is 4.08. The Bertz CT molecular complexity index is 450. The fraction of sp³-hybridized carbons (Fsp3) is 0.600. The summed E-state index contributed by atoms with van der Waals surface area (Å²) < 4.78 is 5.31. The van der Waals surface area contributed by atoms with Crippen LogP contribution in [-0.4, -0.2) is 7.11 Å². The Morgan fingerprint density at radius 2 is 1.83 bits per heavy atom. The summed E-state index contributed by atoms with van der Waals surface area (Å²) in [5, 5.41) is 0.702. The molecule has 1 aromatic rings. The van der Waals surface area contributed by atoms with Gasteiger partial charge in [-0.2, -0.15) is 0 Å². The Morgan fingerprint density at radius 3 is 2.39 bits per heavy atom. The van der Waals surface area contributed by atoms with Crippen LogP contribution in [0.5, 0.6) is 5.75 Å². The molecule has 0 aliphatic heterocycles. The van der Waals surface area contributed by atoms with Crippen LogP contribution in [0.3, 0.4) is 0 Å². The molecule has 0 spiro atoms. The van der Waals surface area contributed by atoms with Gasteiger partial charge in [-0.1, -0.05) is 30.9 Å². The van der Waals surface area contributed by atoms with Crippen LogP contribution in [0.1, 0.15) is 48.8 Å². The van der Waals surface area contributed by atoms with Gasteiger partial charge in [0.2, 0.25) is 0 Å². The molecule has 1 fully saturated rings. The first kappa shape index (κ1) is 13.7. The fourth-order valence-electron chi connectivity index (χ4n) is 3.27. The van der Waals surface area contributed by atoms with Crippen molar-refractivity contribution in [3.05, 3.63) is 27.8 Å². The van der Waals surface area contributed by atoms with Crippen molar-refractivity contribution in [3.8, 4) is 5.75 Å². The Labute approximate surface area is 114 Å². The van der Waals surface area contributed by atoms with E-state index in [1.165, 1.54) is 30.4 Å². The third-order valence-electron chi connectivity index (χ3n) is 4.13. The number of hydrogen-bond acceptors (Lipinski definition) is 2. The van der Waals surface area contributed by atoms with E-state index in [9.17, 15) is 0 Å². The summed E-state index contributed by atoms with van der Waals surface area (Å²) >= 11 is 6.37. The molecule has 1 aromatic carbocycles. The van der Waals surface area contributed by atoms with Gasteiger partial charge >= 0.3 is 0 Å². The molecule has 3 heteroatoms. The highest BCUT2D eigenvalue weighted by Crippen LogP contribution is 2.42. The van der Waals surface area contributed by atoms with Crippen LogP contribution in [0.25, 0.3) is 0 Å². The molecule has 2 rings (SSSR count). The Kier molecular flexibility index (Phi) is 3.88. The molecule has 0 amide bonds. The first-order chi connectivity index (χ1) is 8.49. The van der Waals surface area contributed by atoms with Crippen LogP contribution < -0.4 is 10.5 Å². The van der Waals surface area contributed by atoms with Crippen molar-refractivity contribution in [2.24, 2.45) is 5.73 Å². The summed E-state index contributed by atoms with van der Waals surface area (Å²) in [4.78, 5) is 0. The number of benzene rings is 1. The van der Waals surface area contributed by atoms with Crippen molar-refractivity contribution in [1.82, 2.24) is 0 Å². The molecule has 2 N–H and O–H groups in total. The minimum atomic E-state index is -0.206. The molecule has 100 valence electrons. The van der Waals surface area contributed by atoms with Crippen molar-refractivity contribution < 1.29 is 4.74 Å². The second kappa shape index (κ2) is 5.10. The molecule has 2 nitrogen and oxygen atoms in total. The zero-order valence-electron chi connectivity index (χ0n) is 11.5. The van der Waals surface area contributed by atoms with E-state index in [1.807, 2.05) is 6.07 Å². The summed E-state index contributed by atoms with van der Waals surface area (Å²) in [6.07, 6.45) is 5.81. The third-order valence-corrected chi connectivity index (χ3v) is 4.60. The highest BCUT2D eigenvalue weighted by molar-refractivity contribution is 6.33. The van der Waals surface area contributed by atoms with Gasteiger partial charge in [0, 0.05) is 5.54 Å². The van der Waals surface area contributed by atoms with Gasteiger partial charge in [-0.05, 0) is 49.4 Å². The number of halogens is 1. The lowest BCUT2D eigenvalue weighted by molar-refractivity contribution is 0.299. The molecule has 1 aliphatic carbocycles. The summed E-state index contributed by atoms with van der Waals surface area (Å²) in [5.74, 6) is 0.745. The highest BCUT2D eigenvalue weighted by Gasteiger charge is 2.33. The molecule has 18 heavy (non-hydrogen) atoms. The van der Waals surface area contributed by atoms with Gasteiger partial charge < -0.3 is 10.5 Å². The molecule has 1 aliphatic rings. The van der Waals surface area contributed by atoms with E-state index in [4.69, 9.17) is 22.1 Å². The highest BCUT2D eigenvalue weighted by atomic mass is 35.5. The van der Waals surface area contributed by atoms with Crippen molar-refractivity contribution in [2.75, 3.05) is 7.11 Å². The van der Waals surface area contributed by atoms with Gasteiger partial charge in [-0.25, -0.2) is 0 Å². The van der Waals surface area contributed by atoms with Crippen LogP contribution in [0.2, 0.25) is 5.02 Å². The first-order valence-corrected chi connectivity index (χ1v) is 7.00. The zero-order chi connectivity index (χ0) is 13.3. The van der Waals surface area contributed by atoms with Gasteiger partial charge in [-0.15, -0.1) is 0 Å². The number of ether oxygens (including phenoxy) is 1. The number of nitrogens with two attached hydrogens (primary N) is 1. The lowest BCUT2D eigenvalue weighted by Gasteiger charge is -2.36. The zero-order valence-corrected chi connectivity index (χ0v) is 12.2. The maximum Gasteiger partial charge on any atom is 0.138 e. The van der Waals surface area contributed by atoms with E-state index >= 15 is 0 Å². The van der Waals surface area contributed by atoms with E-state index in [2.05, 4.69) is 13.8 Å². The van der Waals surface area contributed by atoms with E-state index < -0.39 is 0 Å². The SMILES string of the molecule is COc1cc(C)c(C2(N)CCCCC2)c(C)c1Cl. The molecule has 0 radical (unpaired) electrons. The topological polar surface area (TPSA) is 35.2 Å². The van der Waals surface area contributed by atoms with Crippen LogP contribution in [0.15, 0.2) is 6.07 Å². The molecule has 1 saturated carbocycles. The molecule has 0 saturated heterocycles. The van der Waals surface area contributed by atoms with Crippen molar-refractivity contribution in [2.45, 2.75) is 51.5 Å². The second-order valence-corrected chi connectivity index (χ2v) is 5.80. The largest absolute Gasteiger partial charge is 0.495 e. The van der Waals surface area contributed by atoms with Gasteiger partial charge in [0.25, 0.3) is 0 Å². The minimum Gasteiger partial charge on any atom is -0.495 e. The average Bonchev–Trinajstić information content (AvgIpc) is 2.34. The Morgan fingerprint density at radius 1 is 1.22 bits per heavy atom. The molecule has 0 unspecified atom stereocenters. The van der Waals surface area contributed by atoms with Crippen molar-refractivity contribution in [3.63, 3.8) is 0 Å². The molecule has 0 aromatic heterocycles. The number of rotatable bonds is 2. The molecule has 0 heterocycles. The number of aryl methyl sites for hydroxylation is 1. The summed E-state index contributed by atoms with van der Waals surface area (Å²) in [5.41, 5.74) is 9.94. The predicted molar refractivity (Wildman–Crippen MR) is 76.4 cm³/mol. The van der Waals surface area contributed by atoms with Crippen LogP contribution in [0, 0.1) is 13.8 Å². The standard InChI is InChI=1S/C15H22ClNO/c1-10-9-12(18-3)14(16)11(2)13(10)15(17)7-5-4-6-8-15/h9H,4-8,17H2,1-3H3. The van der Waals surface area contributed by atoms with E-state index in [-0.39, 0.29) is 5.54 Å². The normalized spacial score (nSPS) is 18.7. The van der Waals surface area contributed by atoms with Crippen molar-refractivity contribution >= 4 is 11.6 Å². The third kappa shape index (κ3) is 2.24. The van der Waals surface area contributed by atoms with E-state index in [1.54, 1.807) is 7.11 Å². The molecular weight excluding hydrogens is 246 g/mol. The van der Waals surface area contributed by atoms with Crippen LogP contribution in [0.4, 0.5) is 0 Å². The lowest BCUT2D eigenvalue weighted by atomic mass is 9.74. The first-order valence-electron chi connectivity index (χ1n) is 6.62. The van der Waals surface area contributed by atoms with E-state index in [0.717, 1.165) is 24.2 Å². The smallest absolute Gasteiger partial charge is 0.138 e. The second-order valence-electron chi connectivity index (χ2n) is 5.43. The van der Waals surface area contributed by atoms with Gasteiger partial charge in [-0.3, -0.25) is 0 Å². The summed E-state index contributed by atoms with van der Waals surface area (Å²) in [6, 6.07) is 2.01. The number of hydrogen-bond donors (Lipinski definition) is 1. The van der Waals surface area contributed by atoms with Gasteiger partial charge in [0.05, 0.1) is 12.1 Å². The maximum absolute atomic E-state index is 6.64.